The lowest BCUT2D eigenvalue weighted by Gasteiger charge is -2.24. The van der Waals surface area contributed by atoms with Crippen LogP contribution in [0.15, 0.2) is 12.1 Å². The Hall–Kier alpha value is -0.370. The Kier molecular flexibility index (Phi) is 4.75. The summed E-state index contributed by atoms with van der Waals surface area (Å²) < 4.78 is 0. The van der Waals surface area contributed by atoms with Crippen LogP contribution in [0.2, 0.25) is 0 Å². The summed E-state index contributed by atoms with van der Waals surface area (Å²) in [6.45, 7) is 15.4. The summed E-state index contributed by atoms with van der Waals surface area (Å²) in [4.78, 5) is 4.78. The molecule has 0 aliphatic rings. The first kappa shape index (κ1) is 15.6. The van der Waals surface area contributed by atoms with Crippen LogP contribution in [0, 0.1) is 6.92 Å². The lowest BCUT2D eigenvalue weighted by Crippen LogP contribution is -2.20. The molecule has 0 radical (unpaired) electrons. The summed E-state index contributed by atoms with van der Waals surface area (Å²) in [6.07, 6.45) is 0. The van der Waals surface area contributed by atoms with Crippen molar-refractivity contribution in [1.82, 2.24) is 4.98 Å². The second-order valence-electron chi connectivity index (χ2n) is 6.41. The van der Waals surface area contributed by atoms with Crippen LogP contribution in [0.25, 0.3) is 0 Å². The van der Waals surface area contributed by atoms with E-state index < -0.39 is 0 Å². The molecule has 1 aromatic heterocycles. The zero-order valence-electron chi connectivity index (χ0n) is 11.5. The van der Waals surface area contributed by atoms with Gasteiger partial charge in [-0.3, -0.25) is 4.98 Å². The third-order valence-electron chi connectivity index (χ3n) is 2.51. The number of aromatic nitrogens is 1. The highest BCUT2D eigenvalue weighted by Gasteiger charge is 2.21. The predicted octanol–water partition coefficient (Wildman–Crippen LogP) is 4.56. The number of halogens is 1. The lowest BCUT2D eigenvalue weighted by molar-refractivity contribution is 0.530. The highest BCUT2D eigenvalue weighted by Crippen LogP contribution is 2.26. The van der Waals surface area contributed by atoms with Crippen LogP contribution in [0.1, 0.15) is 58.5 Å². The lowest BCUT2D eigenvalue weighted by atomic mass is 9.87. The SMILES string of the molecule is Br.Cc1cc(C(C)(C)C)nc(C(C)(C)C)c1. The number of rotatable bonds is 0. The van der Waals surface area contributed by atoms with Gasteiger partial charge >= 0.3 is 0 Å². The minimum atomic E-state index is 0. The van der Waals surface area contributed by atoms with Crippen LogP contribution >= 0.6 is 17.0 Å². The monoisotopic (exact) mass is 285 g/mol. The van der Waals surface area contributed by atoms with Gasteiger partial charge in [-0.15, -0.1) is 17.0 Å². The Bertz CT molecular complexity index is 324. The third kappa shape index (κ3) is 3.89. The molecule has 0 saturated heterocycles. The Morgan fingerprint density at radius 1 is 0.812 bits per heavy atom. The summed E-state index contributed by atoms with van der Waals surface area (Å²) >= 11 is 0. The molecule has 0 amide bonds. The van der Waals surface area contributed by atoms with Gasteiger partial charge in [-0.2, -0.15) is 0 Å². The standard InChI is InChI=1S/C14H23N.BrH/c1-10-8-11(13(2,3)4)15-12(9-10)14(5,6)7;/h8-9H,1-7H3;1H. The van der Waals surface area contributed by atoms with Crippen LogP contribution in [0.3, 0.4) is 0 Å². The topological polar surface area (TPSA) is 12.9 Å². The molecule has 0 aromatic carbocycles. The summed E-state index contributed by atoms with van der Waals surface area (Å²) in [7, 11) is 0. The van der Waals surface area contributed by atoms with Gasteiger partial charge in [0.05, 0.1) is 0 Å². The Morgan fingerprint density at radius 2 is 1.12 bits per heavy atom. The van der Waals surface area contributed by atoms with Crippen molar-refractivity contribution in [2.45, 2.75) is 59.3 Å². The summed E-state index contributed by atoms with van der Waals surface area (Å²) in [5.74, 6) is 0. The Balaban J connectivity index is 0.00000225. The molecule has 0 atom stereocenters. The van der Waals surface area contributed by atoms with Crippen molar-refractivity contribution in [3.05, 3.63) is 29.1 Å². The second kappa shape index (κ2) is 4.87. The number of hydrogen-bond donors (Lipinski definition) is 0. The second-order valence-corrected chi connectivity index (χ2v) is 6.41. The Labute approximate surface area is 110 Å². The van der Waals surface area contributed by atoms with E-state index in [1.807, 2.05) is 0 Å². The smallest absolute Gasteiger partial charge is 0.0463 e. The van der Waals surface area contributed by atoms with Crippen molar-refractivity contribution in [3.8, 4) is 0 Å². The molecular formula is C14H24BrN. The van der Waals surface area contributed by atoms with E-state index in [1.54, 1.807) is 0 Å². The molecule has 0 aliphatic carbocycles. The van der Waals surface area contributed by atoms with E-state index in [0.29, 0.717) is 0 Å². The quantitative estimate of drug-likeness (QED) is 0.681. The first-order valence-electron chi connectivity index (χ1n) is 5.60. The van der Waals surface area contributed by atoms with E-state index in [0.717, 1.165) is 0 Å². The molecule has 0 fully saturated rings. The molecule has 0 saturated carbocycles. The van der Waals surface area contributed by atoms with Gasteiger partial charge in [0.2, 0.25) is 0 Å². The van der Waals surface area contributed by atoms with E-state index >= 15 is 0 Å². The molecule has 0 N–H and O–H groups in total. The summed E-state index contributed by atoms with van der Waals surface area (Å²) in [5.41, 5.74) is 3.94. The number of aryl methyl sites for hydroxylation is 1. The fourth-order valence-corrected chi connectivity index (χ4v) is 1.44. The summed E-state index contributed by atoms with van der Waals surface area (Å²) in [6, 6.07) is 4.38. The minimum absolute atomic E-state index is 0. The van der Waals surface area contributed by atoms with E-state index in [-0.39, 0.29) is 27.8 Å². The van der Waals surface area contributed by atoms with E-state index in [4.69, 9.17) is 4.98 Å². The van der Waals surface area contributed by atoms with Gasteiger partial charge in [-0.05, 0) is 24.6 Å². The van der Waals surface area contributed by atoms with E-state index in [2.05, 4.69) is 60.6 Å². The van der Waals surface area contributed by atoms with Gasteiger partial charge in [0.15, 0.2) is 0 Å². The van der Waals surface area contributed by atoms with Crippen LogP contribution in [-0.2, 0) is 10.8 Å². The van der Waals surface area contributed by atoms with Crippen LogP contribution < -0.4 is 0 Å². The van der Waals surface area contributed by atoms with Crippen LogP contribution in [0.4, 0.5) is 0 Å². The van der Waals surface area contributed by atoms with E-state index in [9.17, 15) is 0 Å². The zero-order valence-corrected chi connectivity index (χ0v) is 13.2. The maximum absolute atomic E-state index is 4.78. The van der Waals surface area contributed by atoms with Gasteiger partial charge in [0.25, 0.3) is 0 Å². The van der Waals surface area contributed by atoms with Gasteiger partial charge in [0, 0.05) is 22.2 Å². The van der Waals surface area contributed by atoms with Crippen LogP contribution in [-0.4, -0.2) is 4.98 Å². The molecule has 2 heteroatoms. The van der Waals surface area contributed by atoms with Crippen molar-refractivity contribution in [2.24, 2.45) is 0 Å². The number of pyridine rings is 1. The van der Waals surface area contributed by atoms with Crippen molar-refractivity contribution in [2.75, 3.05) is 0 Å². The highest BCUT2D eigenvalue weighted by molar-refractivity contribution is 8.93. The molecule has 0 spiro atoms. The van der Waals surface area contributed by atoms with Gasteiger partial charge < -0.3 is 0 Å². The molecule has 0 unspecified atom stereocenters. The molecule has 92 valence electrons. The molecule has 1 heterocycles. The van der Waals surface area contributed by atoms with Crippen molar-refractivity contribution in [1.29, 1.82) is 0 Å². The Morgan fingerprint density at radius 3 is 1.38 bits per heavy atom. The van der Waals surface area contributed by atoms with Crippen molar-refractivity contribution in [3.63, 3.8) is 0 Å². The largest absolute Gasteiger partial charge is 0.257 e. The average molecular weight is 286 g/mol. The van der Waals surface area contributed by atoms with Crippen molar-refractivity contribution >= 4 is 17.0 Å². The zero-order chi connectivity index (χ0) is 11.9. The van der Waals surface area contributed by atoms with Crippen molar-refractivity contribution < 1.29 is 0 Å². The first-order chi connectivity index (χ1) is 6.60. The maximum atomic E-state index is 4.78. The molecule has 16 heavy (non-hydrogen) atoms. The molecule has 1 rings (SSSR count). The van der Waals surface area contributed by atoms with Gasteiger partial charge in [0.1, 0.15) is 0 Å². The van der Waals surface area contributed by atoms with Gasteiger partial charge in [-0.1, -0.05) is 41.5 Å². The van der Waals surface area contributed by atoms with E-state index in [1.165, 1.54) is 17.0 Å². The molecule has 1 aromatic rings. The fraction of sp³-hybridized carbons (Fsp3) is 0.643. The molecule has 1 nitrogen and oxygen atoms in total. The van der Waals surface area contributed by atoms with Crippen LogP contribution in [0.5, 0.6) is 0 Å². The first-order valence-corrected chi connectivity index (χ1v) is 5.60. The minimum Gasteiger partial charge on any atom is -0.257 e. The molecule has 0 bridgehead atoms. The summed E-state index contributed by atoms with van der Waals surface area (Å²) in [5, 5.41) is 0. The predicted molar refractivity (Wildman–Crippen MR) is 76.7 cm³/mol. The average Bonchev–Trinajstić information content (AvgIpc) is 1.99. The fourth-order valence-electron chi connectivity index (χ4n) is 1.44. The normalized spacial score (nSPS) is 12.2. The maximum Gasteiger partial charge on any atom is 0.0463 e. The van der Waals surface area contributed by atoms with Gasteiger partial charge in [-0.25, -0.2) is 0 Å². The molecule has 0 aliphatic heterocycles. The highest BCUT2D eigenvalue weighted by atomic mass is 79.9. The number of hydrogen-bond acceptors (Lipinski definition) is 1. The number of nitrogens with zero attached hydrogens (tertiary/aromatic N) is 1. The molecular weight excluding hydrogens is 262 g/mol. The third-order valence-corrected chi connectivity index (χ3v) is 2.51.